The topological polar surface area (TPSA) is 46.5 Å². The van der Waals surface area contributed by atoms with Gasteiger partial charge in [0.2, 0.25) is 0 Å². The first-order valence-electron chi connectivity index (χ1n) is 4.78. The van der Waals surface area contributed by atoms with Crippen molar-refractivity contribution in [2.45, 2.75) is 51.7 Å². The highest BCUT2D eigenvalue weighted by molar-refractivity contribution is 5.70. The second-order valence-corrected chi connectivity index (χ2v) is 4.70. The molecule has 0 aromatic carbocycles. The minimum Gasteiger partial charge on any atom is -0.460 e. The zero-order chi connectivity index (χ0) is 10.1. The number of carbonyl (C=O) groups is 1. The summed E-state index contributed by atoms with van der Waals surface area (Å²) in [5.74, 6) is 0.0411. The van der Waals surface area contributed by atoms with Crippen LogP contribution in [0.15, 0.2) is 0 Å². The molecule has 1 aliphatic rings. The van der Waals surface area contributed by atoms with Gasteiger partial charge in [0.25, 0.3) is 0 Å². The van der Waals surface area contributed by atoms with Crippen LogP contribution in [0.5, 0.6) is 0 Å². The molecule has 0 aromatic rings. The van der Waals surface area contributed by atoms with E-state index < -0.39 is 11.7 Å². The molecule has 1 atom stereocenters. The first-order valence-corrected chi connectivity index (χ1v) is 4.78. The molecule has 0 bridgehead atoms. The van der Waals surface area contributed by atoms with Crippen LogP contribution < -0.4 is 0 Å². The Labute approximate surface area is 79.1 Å². The largest absolute Gasteiger partial charge is 0.460 e. The molecule has 1 saturated carbocycles. The molecule has 3 nitrogen and oxygen atoms in total. The van der Waals surface area contributed by atoms with Crippen LogP contribution in [0.2, 0.25) is 0 Å². The highest BCUT2D eigenvalue weighted by Gasteiger charge is 2.32. The Balaban J connectivity index is 2.24. The van der Waals surface area contributed by atoms with Crippen molar-refractivity contribution in [2.75, 3.05) is 0 Å². The molecule has 0 saturated heterocycles. The molecule has 76 valence electrons. The smallest absolute Gasteiger partial charge is 0.308 e. The van der Waals surface area contributed by atoms with Crippen molar-refractivity contribution in [1.29, 1.82) is 0 Å². The highest BCUT2D eigenvalue weighted by Crippen LogP contribution is 2.34. The zero-order valence-corrected chi connectivity index (χ0v) is 8.54. The van der Waals surface area contributed by atoms with E-state index in [1.807, 2.05) is 20.8 Å². The lowest BCUT2D eigenvalue weighted by Crippen LogP contribution is -2.27. The van der Waals surface area contributed by atoms with Crippen LogP contribution in [0, 0.1) is 5.92 Å². The summed E-state index contributed by atoms with van der Waals surface area (Å²) in [6.45, 7) is 5.48. The third-order valence-corrected chi connectivity index (χ3v) is 1.96. The van der Waals surface area contributed by atoms with E-state index in [9.17, 15) is 9.90 Å². The maximum Gasteiger partial charge on any atom is 0.308 e. The maximum absolute atomic E-state index is 11.2. The Morgan fingerprint density at radius 1 is 1.54 bits per heavy atom. The summed E-state index contributed by atoms with van der Waals surface area (Å²) in [6, 6.07) is 0. The molecule has 0 spiro atoms. The predicted molar refractivity (Wildman–Crippen MR) is 49.2 cm³/mol. The van der Waals surface area contributed by atoms with Gasteiger partial charge in [0.05, 0.1) is 12.5 Å². The van der Waals surface area contributed by atoms with Gasteiger partial charge < -0.3 is 9.84 Å². The SMILES string of the molecule is CC(C)(C)OC(=O)C[C@H](O)C1CC1. The van der Waals surface area contributed by atoms with E-state index in [1.165, 1.54) is 0 Å². The van der Waals surface area contributed by atoms with Gasteiger partial charge in [0, 0.05) is 0 Å². The first-order chi connectivity index (χ1) is 5.88. The fourth-order valence-electron chi connectivity index (χ4n) is 1.20. The second-order valence-electron chi connectivity index (χ2n) is 4.70. The van der Waals surface area contributed by atoms with Crippen molar-refractivity contribution >= 4 is 5.97 Å². The minimum atomic E-state index is -0.491. The van der Waals surface area contributed by atoms with Crippen LogP contribution in [-0.2, 0) is 9.53 Å². The molecule has 0 amide bonds. The molecule has 0 radical (unpaired) electrons. The summed E-state index contributed by atoms with van der Waals surface area (Å²) >= 11 is 0. The van der Waals surface area contributed by atoms with Gasteiger partial charge in [-0.25, -0.2) is 0 Å². The maximum atomic E-state index is 11.2. The van der Waals surface area contributed by atoms with Crippen LogP contribution in [-0.4, -0.2) is 22.8 Å². The van der Waals surface area contributed by atoms with Crippen LogP contribution in [0.25, 0.3) is 0 Å². The number of esters is 1. The summed E-state index contributed by atoms with van der Waals surface area (Å²) in [7, 11) is 0. The van der Waals surface area contributed by atoms with Gasteiger partial charge in [-0.15, -0.1) is 0 Å². The molecule has 1 rings (SSSR count). The lowest BCUT2D eigenvalue weighted by atomic mass is 10.1. The van der Waals surface area contributed by atoms with E-state index in [1.54, 1.807) is 0 Å². The second kappa shape index (κ2) is 3.66. The number of carbonyl (C=O) groups excluding carboxylic acids is 1. The average Bonchev–Trinajstić information content (AvgIpc) is 2.60. The van der Waals surface area contributed by atoms with Crippen molar-refractivity contribution in [3.63, 3.8) is 0 Å². The van der Waals surface area contributed by atoms with Crippen LogP contribution >= 0.6 is 0 Å². The molecule has 0 unspecified atom stereocenters. The quantitative estimate of drug-likeness (QED) is 0.679. The Morgan fingerprint density at radius 2 is 2.08 bits per heavy atom. The van der Waals surface area contributed by atoms with Gasteiger partial charge in [-0.1, -0.05) is 0 Å². The van der Waals surface area contributed by atoms with Crippen molar-refractivity contribution in [1.82, 2.24) is 0 Å². The fraction of sp³-hybridized carbons (Fsp3) is 0.900. The van der Waals surface area contributed by atoms with Crippen molar-refractivity contribution < 1.29 is 14.6 Å². The van der Waals surface area contributed by atoms with E-state index in [2.05, 4.69) is 0 Å². The molecule has 0 aromatic heterocycles. The van der Waals surface area contributed by atoms with E-state index in [4.69, 9.17) is 4.74 Å². The van der Waals surface area contributed by atoms with Crippen LogP contribution in [0.4, 0.5) is 0 Å². The van der Waals surface area contributed by atoms with Gasteiger partial charge in [-0.2, -0.15) is 0 Å². The summed E-state index contributed by atoms with van der Waals surface area (Å²) in [4.78, 5) is 11.2. The van der Waals surface area contributed by atoms with Gasteiger partial charge in [-0.3, -0.25) is 4.79 Å². The van der Waals surface area contributed by atoms with Gasteiger partial charge in [-0.05, 0) is 39.5 Å². The lowest BCUT2D eigenvalue weighted by Gasteiger charge is -2.20. The summed E-state index contributed by atoms with van der Waals surface area (Å²) in [6.07, 6.45) is 1.74. The number of hydrogen-bond donors (Lipinski definition) is 1. The number of aliphatic hydroxyl groups is 1. The van der Waals surface area contributed by atoms with Gasteiger partial charge >= 0.3 is 5.97 Å². The monoisotopic (exact) mass is 186 g/mol. The van der Waals surface area contributed by atoms with Gasteiger partial charge in [0.15, 0.2) is 0 Å². The minimum absolute atomic E-state index is 0.141. The van der Waals surface area contributed by atoms with E-state index >= 15 is 0 Å². The molecular formula is C10H18O3. The molecule has 1 fully saturated rings. The van der Waals surface area contributed by atoms with E-state index in [0.29, 0.717) is 5.92 Å². The molecule has 13 heavy (non-hydrogen) atoms. The summed E-state index contributed by atoms with van der Waals surface area (Å²) in [5.41, 5.74) is -0.444. The van der Waals surface area contributed by atoms with E-state index in [-0.39, 0.29) is 12.4 Å². The number of rotatable bonds is 3. The molecule has 0 heterocycles. The third kappa shape index (κ3) is 4.27. The lowest BCUT2D eigenvalue weighted by molar-refractivity contribution is -0.157. The highest BCUT2D eigenvalue weighted by atomic mass is 16.6. The molecule has 1 N–H and O–H groups in total. The van der Waals surface area contributed by atoms with Crippen molar-refractivity contribution in [3.8, 4) is 0 Å². The Bertz CT molecular complexity index is 189. The van der Waals surface area contributed by atoms with Crippen LogP contribution in [0.3, 0.4) is 0 Å². The zero-order valence-electron chi connectivity index (χ0n) is 8.54. The normalized spacial score (nSPS) is 19.7. The van der Waals surface area contributed by atoms with Crippen LogP contribution in [0.1, 0.15) is 40.0 Å². The third-order valence-electron chi connectivity index (χ3n) is 1.96. The molecule has 1 aliphatic carbocycles. The molecule has 0 aliphatic heterocycles. The van der Waals surface area contributed by atoms with Gasteiger partial charge in [0.1, 0.15) is 5.60 Å². The number of ether oxygens (including phenoxy) is 1. The Hall–Kier alpha value is -0.570. The van der Waals surface area contributed by atoms with E-state index in [0.717, 1.165) is 12.8 Å². The molecule has 3 heteroatoms. The predicted octanol–water partition coefficient (Wildman–Crippen LogP) is 1.49. The Kier molecular flexibility index (Phi) is 2.96. The molecular weight excluding hydrogens is 168 g/mol. The fourth-order valence-corrected chi connectivity index (χ4v) is 1.20. The summed E-state index contributed by atoms with van der Waals surface area (Å²) in [5, 5.41) is 9.46. The number of hydrogen-bond acceptors (Lipinski definition) is 3. The first kappa shape index (κ1) is 10.5. The standard InChI is InChI=1S/C10H18O3/c1-10(2,3)13-9(12)6-8(11)7-4-5-7/h7-8,11H,4-6H2,1-3H3/t8-/m0/s1. The Morgan fingerprint density at radius 3 is 2.46 bits per heavy atom. The van der Waals surface area contributed by atoms with Crippen molar-refractivity contribution in [2.24, 2.45) is 5.92 Å². The van der Waals surface area contributed by atoms with Crippen molar-refractivity contribution in [3.05, 3.63) is 0 Å². The average molecular weight is 186 g/mol. The summed E-state index contributed by atoms with van der Waals surface area (Å²) < 4.78 is 5.09. The number of aliphatic hydroxyl groups excluding tert-OH is 1.